The molecule has 1 aromatic heterocycles. The lowest BCUT2D eigenvalue weighted by atomic mass is 10.2. The van der Waals surface area contributed by atoms with Gasteiger partial charge in [0, 0.05) is 30.4 Å². The summed E-state index contributed by atoms with van der Waals surface area (Å²) in [5.41, 5.74) is 1.99. The zero-order valence-corrected chi connectivity index (χ0v) is 22.6. The summed E-state index contributed by atoms with van der Waals surface area (Å²) in [5, 5.41) is 15.6. The number of halogens is 1. The second-order valence-corrected chi connectivity index (χ2v) is 11.0. The van der Waals surface area contributed by atoms with Crippen molar-refractivity contribution in [3.63, 3.8) is 0 Å². The molecule has 0 fully saturated rings. The van der Waals surface area contributed by atoms with E-state index >= 15 is 0 Å². The SMILES string of the molecule is Cc1ccc(S(=O)(=O)NC(C)CC(=O)Nc2cc(O)c(NC(=O)c3cn(-c4ccccc4)cn3)cc2Cl)cc1. The van der Waals surface area contributed by atoms with Gasteiger partial charge in [0.1, 0.15) is 17.8 Å². The molecule has 0 aliphatic carbocycles. The quantitative estimate of drug-likeness (QED) is 0.220. The number of carbonyl (C=O) groups excluding carboxylic acids is 2. The van der Waals surface area contributed by atoms with Gasteiger partial charge in [0.05, 0.1) is 21.3 Å². The Labute approximate surface area is 230 Å². The number of hydrogen-bond donors (Lipinski definition) is 4. The topological polar surface area (TPSA) is 142 Å². The highest BCUT2D eigenvalue weighted by atomic mass is 35.5. The third kappa shape index (κ3) is 7.02. The van der Waals surface area contributed by atoms with Crippen molar-refractivity contribution < 1.29 is 23.1 Å². The number of hydrogen-bond acceptors (Lipinski definition) is 6. The summed E-state index contributed by atoms with van der Waals surface area (Å²) in [6.07, 6.45) is 2.86. The van der Waals surface area contributed by atoms with E-state index in [1.165, 1.54) is 30.6 Å². The van der Waals surface area contributed by atoms with Crippen molar-refractivity contribution in [2.45, 2.75) is 31.2 Å². The zero-order chi connectivity index (χ0) is 28.2. The number of benzene rings is 3. The van der Waals surface area contributed by atoms with Crippen molar-refractivity contribution in [1.82, 2.24) is 14.3 Å². The number of aromatic nitrogens is 2. The van der Waals surface area contributed by atoms with Crippen LogP contribution in [0.25, 0.3) is 5.69 Å². The average Bonchev–Trinajstić information content (AvgIpc) is 3.38. The number of phenols is 1. The normalized spacial score (nSPS) is 12.1. The van der Waals surface area contributed by atoms with Gasteiger partial charge >= 0.3 is 0 Å². The zero-order valence-electron chi connectivity index (χ0n) is 21.1. The molecule has 0 aliphatic heterocycles. The van der Waals surface area contributed by atoms with Crippen molar-refractivity contribution in [2.75, 3.05) is 10.6 Å². The average molecular weight is 568 g/mol. The molecule has 202 valence electrons. The molecule has 1 heterocycles. The third-order valence-electron chi connectivity index (χ3n) is 5.66. The minimum absolute atomic E-state index is 0.0245. The van der Waals surface area contributed by atoms with Gasteiger partial charge in [-0.1, -0.05) is 47.5 Å². The van der Waals surface area contributed by atoms with E-state index in [0.717, 1.165) is 11.3 Å². The molecule has 0 radical (unpaired) electrons. The molecular weight excluding hydrogens is 542 g/mol. The molecule has 0 aliphatic rings. The molecule has 0 saturated carbocycles. The molecule has 3 aromatic carbocycles. The first kappa shape index (κ1) is 27.8. The molecule has 39 heavy (non-hydrogen) atoms. The van der Waals surface area contributed by atoms with Gasteiger partial charge in [-0.25, -0.2) is 18.1 Å². The Hall–Kier alpha value is -4.19. The van der Waals surface area contributed by atoms with Crippen LogP contribution in [0.4, 0.5) is 11.4 Å². The van der Waals surface area contributed by atoms with Crippen molar-refractivity contribution in [1.29, 1.82) is 0 Å². The Kier molecular flexibility index (Phi) is 8.34. The number of imidazole rings is 1. The smallest absolute Gasteiger partial charge is 0.275 e. The molecule has 0 bridgehead atoms. The van der Waals surface area contributed by atoms with Crippen LogP contribution in [0.15, 0.2) is 84.1 Å². The Morgan fingerprint density at radius 3 is 2.41 bits per heavy atom. The highest BCUT2D eigenvalue weighted by Gasteiger charge is 2.20. The van der Waals surface area contributed by atoms with Gasteiger partial charge < -0.3 is 20.3 Å². The first-order chi connectivity index (χ1) is 18.5. The minimum atomic E-state index is -3.81. The van der Waals surface area contributed by atoms with Crippen LogP contribution in [0.2, 0.25) is 5.02 Å². The Morgan fingerprint density at radius 2 is 1.72 bits per heavy atom. The lowest BCUT2D eigenvalue weighted by molar-refractivity contribution is -0.116. The number of anilines is 2. The maximum absolute atomic E-state index is 12.7. The van der Waals surface area contributed by atoms with E-state index in [1.807, 2.05) is 37.3 Å². The number of rotatable bonds is 9. The Bertz CT molecular complexity index is 1610. The summed E-state index contributed by atoms with van der Waals surface area (Å²) in [6, 6.07) is 17.4. The van der Waals surface area contributed by atoms with Gasteiger partial charge in [-0.05, 0) is 44.2 Å². The van der Waals surface area contributed by atoms with Gasteiger partial charge in [0.25, 0.3) is 5.91 Å². The number of para-hydroxylation sites is 1. The number of aromatic hydroxyl groups is 1. The lowest BCUT2D eigenvalue weighted by Crippen LogP contribution is -2.35. The maximum Gasteiger partial charge on any atom is 0.275 e. The van der Waals surface area contributed by atoms with E-state index in [-0.39, 0.29) is 39.2 Å². The van der Waals surface area contributed by atoms with Gasteiger partial charge in [-0.3, -0.25) is 9.59 Å². The Balaban J connectivity index is 1.37. The number of aryl methyl sites for hydroxylation is 1. The molecule has 4 rings (SSSR count). The highest BCUT2D eigenvalue weighted by Crippen LogP contribution is 2.34. The highest BCUT2D eigenvalue weighted by molar-refractivity contribution is 7.89. The van der Waals surface area contributed by atoms with E-state index < -0.39 is 27.9 Å². The summed E-state index contributed by atoms with van der Waals surface area (Å²) >= 11 is 6.29. The van der Waals surface area contributed by atoms with Crippen molar-refractivity contribution >= 4 is 44.8 Å². The van der Waals surface area contributed by atoms with Crippen LogP contribution in [0.1, 0.15) is 29.4 Å². The first-order valence-electron chi connectivity index (χ1n) is 11.8. The second-order valence-electron chi connectivity index (χ2n) is 8.89. The predicted octanol–water partition coefficient (Wildman–Crippen LogP) is 4.49. The monoisotopic (exact) mass is 567 g/mol. The molecule has 12 heteroatoms. The second kappa shape index (κ2) is 11.7. The van der Waals surface area contributed by atoms with E-state index in [2.05, 4.69) is 20.3 Å². The fourth-order valence-corrected chi connectivity index (χ4v) is 5.15. The van der Waals surface area contributed by atoms with E-state index in [1.54, 1.807) is 29.8 Å². The maximum atomic E-state index is 12.7. The fraction of sp³-hybridized carbons (Fsp3) is 0.148. The number of amides is 2. The van der Waals surface area contributed by atoms with Crippen LogP contribution >= 0.6 is 11.6 Å². The van der Waals surface area contributed by atoms with E-state index in [9.17, 15) is 23.1 Å². The summed E-state index contributed by atoms with van der Waals surface area (Å²) < 4.78 is 29.3. The van der Waals surface area contributed by atoms with Crippen LogP contribution in [0.3, 0.4) is 0 Å². The van der Waals surface area contributed by atoms with Crippen LogP contribution in [-0.4, -0.2) is 40.9 Å². The predicted molar refractivity (Wildman–Crippen MR) is 149 cm³/mol. The summed E-state index contributed by atoms with van der Waals surface area (Å²) in [5.74, 6) is -1.43. The van der Waals surface area contributed by atoms with E-state index in [0.29, 0.717) is 0 Å². The van der Waals surface area contributed by atoms with Gasteiger partial charge in [-0.15, -0.1) is 0 Å². The number of nitrogens with one attached hydrogen (secondary N) is 3. The molecule has 10 nitrogen and oxygen atoms in total. The molecular formula is C27H26ClN5O5S. The van der Waals surface area contributed by atoms with Crippen LogP contribution in [0.5, 0.6) is 5.75 Å². The van der Waals surface area contributed by atoms with Crippen LogP contribution < -0.4 is 15.4 Å². The van der Waals surface area contributed by atoms with Gasteiger partial charge in [0.15, 0.2) is 0 Å². The van der Waals surface area contributed by atoms with Crippen molar-refractivity contribution in [2.24, 2.45) is 0 Å². The molecule has 1 unspecified atom stereocenters. The first-order valence-corrected chi connectivity index (χ1v) is 13.7. The Morgan fingerprint density at radius 1 is 1.03 bits per heavy atom. The van der Waals surface area contributed by atoms with E-state index in [4.69, 9.17) is 11.6 Å². The summed E-state index contributed by atoms with van der Waals surface area (Å²) in [4.78, 5) is 29.4. The standard InChI is InChI=1S/C27H26ClN5O5S/c1-17-8-10-20(11-9-17)39(37,38)32-18(2)12-26(35)30-22-14-25(34)23(13-21(22)28)31-27(36)24-15-33(16-29-24)19-6-4-3-5-7-19/h3-11,13-16,18,32,34H,12H2,1-2H3,(H,30,35)(H,31,36). The third-order valence-corrected chi connectivity index (χ3v) is 7.57. The molecule has 4 N–H and O–H groups in total. The largest absolute Gasteiger partial charge is 0.506 e. The number of carbonyl (C=O) groups is 2. The van der Waals surface area contributed by atoms with Crippen molar-refractivity contribution in [3.8, 4) is 11.4 Å². The fourth-order valence-electron chi connectivity index (χ4n) is 3.70. The molecule has 0 spiro atoms. The summed E-state index contributed by atoms with van der Waals surface area (Å²) in [7, 11) is -3.81. The van der Waals surface area contributed by atoms with Crippen molar-refractivity contribution in [3.05, 3.63) is 95.5 Å². The number of sulfonamides is 1. The molecule has 2 amide bonds. The van der Waals surface area contributed by atoms with Gasteiger partial charge in [0.2, 0.25) is 15.9 Å². The minimum Gasteiger partial charge on any atom is -0.506 e. The number of nitrogens with zero attached hydrogens (tertiary/aromatic N) is 2. The van der Waals surface area contributed by atoms with Crippen LogP contribution in [-0.2, 0) is 14.8 Å². The lowest BCUT2D eigenvalue weighted by Gasteiger charge is -2.15. The van der Waals surface area contributed by atoms with Crippen LogP contribution in [0, 0.1) is 6.92 Å². The molecule has 1 atom stereocenters. The number of phenolic OH excluding ortho intramolecular Hbond substituents is 1. The summed E-state index contributed by atoms with van der Waals surface area (Å²) in [6.45, 7) is 3.41. The van der Waals surface area contributed by atoms with Gasteiger partial charge in [-0.2, -0.15) is 0 Å². The molecule has 4 aromatic rings. The molecule has 0 saturated heterocycles.